The highest BCUT2D eigenvalue weighted by atomic mass is 19.4. The second kappa shape index (κ2) is 6.72. The van der Waals surface area contributed by atoms with Crippen molar-refractivity contribution >= 4 is 5.97 Å². The van der Waals surface area contributed by atoms with Crippen LogP contribution in [0.25, 0.3) is 4.85 Å². The number of allylic oxidation sites excluding steroid dienone is 3. The lowest BCUT2D eigenvalue weighted by molar-refractivity contribution is -0.139. The van der Waals surface area contributed by atoms with Crippen LogP contribution in [-0.2, 0) is 15.7 Å². The van der Waals surface area contributed by atoms with Crippen molar-refractivity contribution in [1.82, 2.24) is 5.32 Å². The molecule has 8 heteroatoms. The number of hydrogen-bond acceptors (Lipinski definition) is 3. The number of methoxy groups -OCH3 is 1. The van der Waals surface area contributed by atoms with Crippen LogP contribution in [0.5, 0.6) is 0 Å². The number of carbonyl (C=O) groups is 1. The molecule has 0 bridgehead atoms. The van der Waals surface area contributed by atoms with E-state index in [1.165, 1.54) is 0 Å². The number of hydrogen-bond donors (Lipinski definition) is 1. The maximum Gasteiger partial charge on any atom is 0.416 e. The van der Waals surface area contributed by atoms with E-state index in [0.29, 0.717) is 17.5 Å². The lowest BCUT2D eigenvalue weighted by Gasteiger charge is -2.31. The molecule has 1 fully saturated rings. The summed E-state index contributed by atoms with van der Waals surface area (Å²) < 4.78 is 59.1. The van der Waals surface area contributed by atoms with Crippen molar-refractivity contribution in [2.24, 2.45) is 5.92 Å². The number of dihydropyridines is 1. The van der Waals surface area contributed by atoms with Gasteiger partial charge in [0.2, 0.25) is 0 Å². The Morgan fingerprint density at radius 3 is 2.52 bits per heavy atom. The standard InChI is InChI=1S/C19H16F4N2O2/c1-9-16(24-2)14(12-7-6-11(20)8-13(12)19(21,22)23)15(18(26)27-3)17(25-9)10-4-5-10/h6-8,10,14,25H,4-5H2,1,3H3. The predicted octanol–water partition coefficient (Wildman–Crippen LogP) is 4.52. The van der Waals surface area contributed by atoms with Gasteiger partial charge in [-0.3, -0.25) is 0 Å². The molecule has 2 aliphatic rings. The Labute approximate surface area is 153 Å². The average Bonchev–Trinajstić information content (AvgIpc) is 3.44. The number of alkyl halides is 3. The zero-order chi connectivity index (χ0) is 19.9. The third-order valence-electron chi connectivity index (χ3n) is 4.70. The molecule has 1 aromatic carbocycles. The fourth-order valence-electron chi connectivity index (χ4n) is 3.35. The highest BCUT2D eigenvalue weighted by Crippen LogP contribution is 2.48. The first-order valence-corrected chi connectivity index (χ1v) is 8.23. The highest BCUT2D eigenvalue weighted by molar-refractivity contribution is 5.93. The third kappa shape index (κ3) is 3.42. The summed E-state index contributed by atoms with van der Waals surface area (Å²) >= 11 is 0. The van der Waals surface area contributed by atoms with E-state index in [1.54, 1.807) is 6.92 Å². The summed E-state index contributed by atoms with van der Waals surface area (Å²) in [5.74, 6) is -3.13. The summed E-state index contributed by atoms with van der Waals surface area (Å²) in [6, 6.07) is 2.27. The Balaban J connectivity index is 2.31. The lowest BCUT2D eigenvalue weighted by atomic mass is 9.81. The van der Waals surface area contributed by atoms with E-state index < -0.39 is 29.4 Å². The Morgan fingerprint density at radius 2 is 2.00 bits per heavy atom. The van der Waals surface area contributed by atoms with Gasteiger partial charge in [-0.2, -0.15) is 13.2 Å². The van der Waals surface area contributed by atoms with E-state index in [4.69, 9.17) is 11.3 Å². The van der Waals surface area contributed by atoms with Crippen LogP contribution in [0.4, 0.5) is 17.6 Å². The summed E-state index contributed by atoms with van der Waals surface area (Å²) in [6.07, 6.45) is -3.28. The molecule has 142 valence electrons. The van der Waals surface area contributed by atoms with Crippen LogP contribution in [-0.4, -0.2) is 13.1 Å². The lowest BCUT2D eigenvalue weighted by Crippen LogP contribution is -2.31. The van der Waals surface area contributed by atoms with Crippen LogP contribution in [0, 0.1) is 18.3 Å². The first kappa shape index (κ1) is 19.0. The zero-order valence-electron chi connectivity index (χ0n) is 14.6. The van der Waals surface area contributed by atoms with Crippen LogP contribution in [0.1, 0.15) is 36.8 Å². The van der Waals surface area contributed by atoms with Crippen molar-refractivity contribution in [3.8, 4) is 0 Å². The molecule has 1 unspecified atom stereocenters. The van der Waals surface area contributed by atoms with Crippen molar-refractivity contribution in [3.05, 3.63) is 69.2 Å². The zero-order valence-corrected chi connectivity index (χ0v) is 14.6. The minimum atomic E-state index is -4.84. The summed E-state index contributed by atoms with van der Waals surface area (Å²) in [4.78, 5) is 15.9. The van der Waals surface area contributed by atoms with Gasteiger partial charge in [-0.1, -0.05) is 6.07 Å². The smallest absolute Gasteiger partial charge is 0.416 e. The molecule has 1 aliphatic heterocycles. The number of carbonyl (C=O) groups excluding carboxylic acids is 1. The summed E-state index contributed by atoms with van der Waals surface area (Å²) in [5.41, 5.74) is -0.754. The Bertz CT molecular complexity index is 905. The molecule has 0 aromatic heterocycles. The van der Waals surface area contributed by atoms with Crippen LogP contribution in [0.2, 0.25) is 0 Å². The molecule has 1 heterocycles. The molecule has 4 nitrogen and oxygen atoms in total. The van der Waals surface area contributed by atoms with Crippen LogP contribution in [0.15, 0.2) is 40.9 Å². The fraction of sp³-hybridized carbons (Fsp3) is 0.368. The molecule has 1 aromatic rings. The van der Waals surface area contributed by atoms with E-state index in [2.05, 4.69) is 10.2 Å². The minimum Gasteiger partial charge on any atom is -0.466 e. The first-order valence-electron chi connectivity index (χ1n) is 8.23. The topological polar surface area (TPSA) is 42.7 Å². The molecule has 0 radical (unpaired) electrons. The van der Waals surface area contributed by atoms with Gasteiger partial charge < -0.3 is 10.1 Å². The molecule has 3 rings (SSSR count). The number of nitrogens with zero attached hydrogens (tertiary/aromatic N) is 1. The molecule has 0 saturated heterocycles. The van der Waals surface area contributed by atoms with Gasteiger partial charge in [0.05, 0.1) is 30.7 Å². The monoisotopic (exact) mass is 380 g/mol. The number of benzene rings is 1. The molecule has 1 aliphatic carbocycles. The molecular weight excluding hydrogens is 364 g/mol. The Kier molecular flexibility index (Phi) is 4.72. The average molecular weight is 380 g/mol. The fourth-order valence-corrected chi connectivity index (χ4v) is 3.35. The molecule has 27 heavy (non-hydrogen) atoms. The van der Waals surface area contributed by atoms with Crippen molar-refractivity contribution in [2.75, 3.05) is 7.11 Å². The van der Waals surface area contributed by atoms with E-state index >= 15 is 0 Å². The minimum absolute atomic E-state index is 0.00128. The molecule has 0 spiro atoms. The Hall–Kier alpha value is -2.82. The van der Waals surface area contributed by atoms with E-state index in [-0.39, 0.29) is 22.8 Å². The molecule has 1 atom stereocenters. The number of rotatable bonds is 3. The quantitative estimate of drug-likeness (QED) is 0.476. The van der Waals surface area contributed by atoms with E-state index in [0.717, 1.165) is 32.1 Å². The van der Waals surface area contributed by atoms with Crippen molar-refractivity contribution < 1.29 is 27.1 Å². The van der Waals surface area contributed by atoms with Gasteiger partial charge in [-0.05, 0) is 43.4 Å². The molecule has 0 amide bonds. The van der Waals surface area contributed by atoms with Crippen LogP contribution in [0.3, 0.4) is 0 Å². The number of ether oxygens (including phenoxy) is 1. The van der Waals surface area contributed by atoms with Gasteiger partial charge >= 0.3 is 12.1 Å². The van der Waals surface area contributed by atoms with Crippen molar-refractivity contribution in [2.45, 2.75) is 31.9 Å². The van der Waals surface area contributed by atoms with Gasteiger partial charge in [0, 0.05) is 11.4 Å². The van der Waals surface area contributed by atoms with Gasteiger partial charge in [0.25, 0.3) is 0 Å². The van der Waals surface area contributed by atoms with Gasteiger partial charge in [-0.25, -0.2) is 14.0 Å². The molecule has 1 saturated carbocycles. The molecule has 1 N–H and O–H groups in total. The molecular formula is C19H16F4N2O2. The number of esters is 1. The maximum atomic E-state index is 13.6. The SMILES string of the molecule is [C-]#[N+]C1=C(C)NC(C2CC2)=C(C(=O)OC)C1c1ccc(F)cc1C(F)(F)F. The number of halogens is 4. The first-order chi connectivity index (χ1) is 12.7. The second-order valence-corrected chi connectivity index (χ2v) is 6.50. The van der Waals surface area contributed by atoms with Gasteiger partial charge in [0.15, 0.2) is 5.70 Å². The van der Waals surface area contributed by atoms with E-state index in [1.807, 2.05) is 0 Å². The van der Waals surface area contributed by atoms with Crippen molar-refractivity contribution in [3.63, 3.8) is 0 Å². The maximum absolute atomic E-state index is 13.6. The largest absolute Gasteiger partial charge is 0.466 e. The van der Waals surface area contributed by atoms with E-state index in [9.17, 15) is 22.4 Å². The Morgan fingerprint density at radius 1 is 1.33 bits per heavy atom. The summed E-state index contributed by atoms with van der Waals surface area (Å²) in [5, 5.41) is 3.00. The number of nitrogens with one attached hydrogen (secondary N) is 1. The van der Waals surface area contributed by atoms with Gasteiger partial charge in [0.1, 0.15) is 5.82 Å². The summed E-state index contributed by atoms with van der Waals surface area (Å²) in [7, 11) is 1.13. The summed E-state index contributed by atoms with van der Waals surface area (Å²) in [6.45, 7) is 9.03. The van der Waals surface area contributed by atoms with Crippen molar-refractivity contribution in [1.29, 1.82) is 0 Å². The highest BCUT2D eigenvalue weighted by Gasteiger charge is 2.44. The van der Waals surface area contributed by atoms with Gasteiger partial charge in [-0.15, -0.1) is 0 Å². The van der Waals surface area contributed by atoms with Crippen LogP contribution >= 0.6 is 0 Å². The second-order valence-electron chi connectivity index (χ2n) is 6.50. The predicted molar refractivity (Wildman–Crippen MR) is 88.3 cm³/mol. The third-order valence-corrected chi connectivity index (χ3v) is 4.70. The van der Waals surface area contributed by atoms with Crippen LogP contribution < -0.4 is 5.32 Å². The normalized spacial score (nSPS) is 20.3.